The summed E-state index contributed by atoms with van der Waals surface area (Å²) in [5.41, 5.74) is 0.310. The fraction of sp³-hybridized carbons (Fsp3) is 0.941. The summed E-state index contributed by atoms with van der Waals surface area (Å²) < 4.78 is 0. The van der Waals surface area contributed by atoms with Gasteiger partial charge in [-0.2, -0.15) is 11.8 Å². The molecule has 0 radical (unpaired) electrons. The normalized spacial score (nSPS) is 23.7. The highest BCUT2D eigenvalue weighted by atomic mass is 32.2. The zero-order valence-corrected chi connectivity index (χ0v) is 16.1. The lowest BCUT2D eigenvalue weighted by molar-refractivity contribution is 0.0173. The summed E-state index contributed by atoms with van der Waals surface area (Å²) in [5.74, 6) is 2.07. The van der Waals surface area contributed by atoms with Gasteiger partial charge in [0.15, 0.2) is 5.96 Å². The van der Waals surface area contributed by atoms with E-state index in [9.17, 15) is 0 Å². The van der Waals surface area contributed by atoms with E-state index in [0.717, 1.165) is 24.8 Å². The van der Waals surface area contributed by atoms with Crippen LogP contribution in [0.25, 0.3) is 0 Å². The smallest absolute Gasteiger partial charge is 0.191 e. The summed E-state index contributed by atoms with van der Waals surface area (Å²) in [5, 5.41) is 7.05. The molecule has 6 heteroatoms. The van der Waals surface area contributed by atoms with Crippen LogP contribution in [0.1, 0.15) is 32.1 Å². The molecule has 0 aromatic rings. The molecule has 0 saturated carbocycles. The molecule has 2 rings (SSSR count). The van der Waals surface area contributed by atoms with Crippen molar-refractivity contribution in [2.45, 2.75) is 37.6 Å². The lowest BCUT2D eigenvalue weighted by Crippen LogP contribution is -2.62. The molecular formula is C17H35N5S. The molecule has 2 aliphatic rings. The topological polar surface area (TPSA) is 42.9 Å². The Bertz CT molecular complexity index is 360. The van der Waals surface area contributed by atoms with E-state index in [1.807, 2.05) is 18.8 Å². The molecule has 2 fully saturated rings. The maximum Gasteiger partial charge on any atom is 0.191 e. The monoisotopic (exact) mass is 341 g/mol. The minimum atomic E-state index is 0.310. The molecule has 2 aliphatic heterocycles. The molecule has 23 heavy (non-hydrogen) atoms. The summed E-state index contributed by atoms with van der Waals surface area (Å²) in [4.78, 5) is 9.63. The quantitative estimate of drug-likeness (QED) is 0.435. The number of hydrogen-bond acceptors (Lipinski definition) is 4. The number of guanidine groups is 1. The second kappa shape index (κ2) is 9.74. The third kappa shape index (κ3) is 5.54. The molecule has 0 aromatic heterocycles. The van der Waals surface area contributed by atoms with Crippen LogP contribution < -0.4 is 10.6 Å². The third-order valence-electron chi connectivity index (χ3n) is 5.35. The first-order valence-corrected chi connectivity index (χ1v) is 10.5. The number of rotatable bonds is 6. The van der Waals surface area contributed by atoms with Crippen LogP contribution in [0, 0.1) is 0 Å². The molecule has 0 unspecified atom stereocenters. The maximum absolute atomic E-state index is 4.39. The van der Waals surface area contributed by atoms with Crippen molar-refractivity contribution in [2.24, 2.45) is 4.99 Å². The second-order valence-electron chi connectivity index (χ2n) is 6.92. The number of hydrogen-bond donors (Lipinski definition) is 2. The van der Waals surface area contributed by atoms with Gasteiger partial charge in [0, 0.05) is 31.4 Å². The van der Waals surface area contributed by atoms with Crippen molar-refractivity contribution < 1.29 is 0 Å². The molecule has 0 bridgehead atoms. The van der Waals surface area contributed by atoms with E-state index in [4.69, 9.17) is 0 Å². The van der Waals surface area contributed by atoms with E-state index in [2.05, 4.69) is 38.7 Å². The van der Waals surface area contributed by atoms with E-state index >= 15 is 0 Å². The van der Waals surface area contributed by atoms with E-state index in [1.165, 1.54) is 58.3 Å². The van der Waals surface area contributed by atoms with Crippen molar-refractivity contribution in [3.8, 4) is 0 Å². The second-order valence-corrected chi connectivity index (χ2v) is 7.91. The third-order valence-corrected chi connectivity index (χ3v) is 5.96. The van der Waals surface area contributed by atoms with Gasteiger partial charge in [-0.3, -0.25) is 9.89 Å². The van der Waals surface area contributed by atoms with Crippen molar-refractivity contribution in [2.75, 3.05) is 65.4 Å². The summed E-state index contributed by atoms with van der Waals surface area (Å²) >= 11 is 1.86. The predicted octanol–water partition coefficient (Wildman–Crippen LogP) is 1.46. The van der Waals surface area contributed by atoms with Crippen molar-refractivity contribution >= 4 is 17.7 Å². The minimum absolute atomic E-state index is 0.310. The van der Waals surface area contributed by atoms with Gasteiger partial charge in [0.25, 0.3) is 0 Å². The van der Waals surface area contributed by atoms with Crippen LogP contribution >= 0.6 is 11.8 Å². The Morgan fingerprint density at radius 3 is 2.39 bits per heavy atom. The van der Waals surface area contributed by atoms with Crippen LogP contribution in [0.5, 0.6) is 0 Å². The molecule has 2 heterocycles. The number of nitrogens with one attached hydrogen (secondary N) is 2. The van der Waals surface area contributed by atoms with Crippen LogP contribution in [-0.2, 0) is 0 Å². The lowest BCUT2D eigenvalue weighted by atomic mass is 9.84. The Morgan fingerprint density at radius 1 is 1.09 bits per heavy atom. The van der Waals surface area contributed by atoms with Gasteiger partial charge in [-0.15, -0.1) is 0 Å². The molecule has 0 atom stereocenters. The maximum atomic E-state index is 4.39. The highest BCUT2D eigenvalue weighted by molar-refractivity contribution is 7.98. The number of piperidine rings is 2. The minimum Gasteiger partial charge on any atom is -0.356 e. The molecule has 2 N–H and O–H groups in total. The average molecular weight is 342 g/mol. The van der Waals surface area contributed by atoms with Crippen molar-refractivity contribution in [3.05, 3.63) is 0 Å². The predicted molar refractivity (Wildman–Crippen MR) is 103 cm³/mol. The Morgan fingerprint density at radius 2 is 1.78 bits per heavy atom. The fourth-order valence-electron chi connectivity index (χ4n) is 3.75. The molecule has 2 saturated heterocycles. The van der Waals surface area contributed by atoms with Crippen LogP contribution in [0.4, 0.5) is 0 Å². The van der Waals surface area contributed by atoms with Crippen molar-refractivity contribution in [1.29, 1.82) is 0 Å². The summed E-state index contributed by atoms with van der Waals surface area (Å²) in [6.45, 7) is 6.93. The Hall–Kier alpha value is -0.460. The van der Waals surface area contributed by atoms with Crippen LogP contribution in [0.15, 0.2) is 4.99 Å². The molecule has 0 amide bonds. The molecule has 0 spiro atoms. The number of aliphatic imine (C=N–C) groups is 1. The summed E-state index contributed by atoms with van der Waals surface area (Å²) in [6, 6.07) is 0. The Balaban J connectivity index is 1.94. The van der Waals surface area contributed by atoms with Crippen molar-refractivity contribution in [1.82, 2.24) is 20.4 Å². The van der Waals surface area contributed by atoms with Crippen LogP contribution in [-0.4, -0.2) is 86.7 Å². The van der Waals surface area contributed by atoms with E-state index in [1.54, 1.807) is 0 Å². The zero-order valence-electron chi connectivity index (χ0n) is 15.2. The van der Waals surface area contributed by atoms with E-state index in [-0.39, 0.29) is 0 Å². The molecule has 5 nitrogen and oxygen atoms in total. The highest BCUT2D eigenvalue weighted by Crippen LogP contribution is 2.30. The molecule has 0 aliphatic carbocycles. The van der Waals surface area contributed by atoms with Crippen LogP contribution in [0.3, 0.4) is 0 Å². The van der Waals surface area contributed by atoms with Gasteiger partial charge in [-0.1, -0.05) is 6.42 Å². The fourth-order valence-corrected chi connectivity index (χ4v) is 4.05. The van der Waals surface area contributed by atoms with Gasteiger partial charge < -0.3 is 15.5 Å². The van der Waals surface area contributed by atoms with E-state index < -0.39 is 0 Å². The standard InChI is InChI=1S/C17H35N5S/c1-18-16(19-9-14-23-3)20-15-17(7-12-21(2)13-8-17)22-10-5-4-6-11-22/h4-15H2,1-3H3,(H2,18,19,20). The first kappa shape index (κ1) is 18.9. The molecular weight excluding hydrogens is 306 g/mol. The van der Waals surface area contributed by atoms with Gasteiger partial charge >= 0.3 is 0 Å². The van der Waals surface area contributed by atoms with Crippen LogP contribution in [0.2, 0.25) is 0 Å². The highest BCUT2D eigenvalue weighted by Gasteiger charge is 2.39. The SMILES string of the molecule is CN=C(NCCSC)NCC1(N2CCCCC2)CCN(C)CC1. The van der Waals surface area contributed by atoms with Crippen molar-refractivity contribution in [3.63, 3.8) is 0 Å². The first-order valence-electron chi connectivity index (χ1n) is 9.07. The van der Waals surface area contributed by atoms with Gasteiger partial charge in [0.2, 0.25) is 0 Å². The lowest BCUT2D eigenvalue weighted by Gasteiger charge is -2.50. The van der Waals surface area contributed by atoms with Gasteiger partial charge in [0.1, 0.15) is 0 Å². The summed E-state index contributed by atoms with van der Waals surface area (Å²) in [6.07, 6.45) is 8.78. The van der Waals surface area contributed by atoms with Gasteiger partial charge in [-0.25, -0.2) is 0 Å². The first-order chi connectivity index (χ1) is 11.2. The van der Waals surface area contributed by atoms with Gasteiger partial charge in [0.05, 0.1) is 0 Å². The number of nitrogens with zero attached hydrogens (tertiary/aromatic N) is 3. The number of likely N-dealkylation sites (tertiary alicyclic amines) is 2. The average Bonchev–Trinajstić information content (AvgIpc) is 2.60. The molecule has 0 aromatic carbocycles. The van der Waals surface area contributed by atoms with Gasteiger partial charge in [-0.05, 0) is 65.2 Å². The number of thioether (sulfide) groups is 1. The Kier molecular flexibility index (Phi) is 7.99. The van der Waals surface area contributed by atoms with E-state index in [0.29, 0.717) is 5.54 Å². The largest absolute Gasteiger partial charge is 0.356 e. The summed E-state index contributed by atoms with van der Waals surface area (Å²) in [7, 11) is 4.12. The Labute approximate surface area is 146 Å². The zero-order chi connectivity index (χ0) is 16.5. The molecule has 134 valence electrons.